The lowest BCUT2D eigenvalue weighted by Crippen LogP contribution is -1.84. The Balaban J connectivity index is 1.84. The molecule has 0 atom stereocenters. The molecule has 3 nitrogen and oxygen atoms in total. The molecule has 3 rings (SSSR count). The molecule has 0 saturated heterocycles. The van der Waals surface area contributed by atoms with E-state index in [2.05, 4.69) is 16.0 Å². The number of methoxy groups -OCH3 is 1. The van der Waals surface area contributed by atoms with E-state index in [1.54, 1.807) is 7.11 Å². The van der Waals surface area contributed by atoms with Crippen LogP contribution in [0.2, 0.25) is 0 Å². The number of aliphatic imine (C=N–C) groups is 1. The number of H-pyrrole nitrogens is 1. The van der Waals surface area contributed by atoms with Crippen LogP contribution in [0.3, 0.4) is 0 Å². The summed E-state index contributed by atoms with van der Waals surface area (Å²) in [7, 11) is 1.66. The molecule has 0 fully saturated rings. The first kappa shape index (κ1) is 11.5. The number of aromatic nitrogens is 1. The zero-order chi connectivity index (χ0) is 13.1. The predicted molar refractivity (Wildman–Crippen MR) is 78.5 cm³/mol. The van der Waals surface area contributed by atoms with Gasteiger partial charge in [-0.1, -0.05) is 0 Å². The van der Waals surface area contributed by atoms with Gasteiger partial charge in [-0.05, 0) is 54.1 Å². The van der Waals surface area contributed by atoms with Gasteiger partial charge in [0.1, 0.15) is 5.75 Å². The fourth-order valence-corrected chi connectivity index (χ4v) is 1.96. The van der Waals surface area contributed by atoms with Crippen molar-refractivity contribution in [1.29, 1.82) is 0 Å². The molecule has 0 radical (unpaired) electrons. The average Bonchev–Trinajstić information content (AvgIpc) is 2.93. The highest BCUT2D eigenvalue weighted by molar-refractivity contribution is 5.86. The van der Waals surface area contributed by atoms with Gasteiger partial charge in [0.2, 0.25) is 0 Å². The predicted octanol–water partition coefficient (Wildman–Crippen LogP) is 3.93. The zero-order valence-electron chi connectivity index (χ0n) is 10.6. The molecule has 0 unspecified atom stereocenters. The average molecular weight is 250 g/mol. The van der Waals surface area contributed by atoms with Gasteiger partial charge >= 0.3 is 0 Å². The van der Waals surface area contributed by atoms with E-state index in [0.717, 1.165) is 22.5 Å². The number of ether oxygens (including phenoxy) is 1. The van der Waals surface area contributed by atoms with Crippen LogP contribution in [0.15, 0.2) is 59.7 Å². The fourth-order valence-electron chi connectivity index (χ4n) is 1.96. The van der Waals surface area contributed by atoms with Crippen LogP contribution in [0.5, 0.6) is 5.75 Å². The highest BCUT2D eigenvalue weighted by Gasteiger charge is 1.95. The van der Waals surface area contributed by atoms with Gasteiger partial charge in [0.15, 0.2) is 0 Å². The summed E-state index contributed by atoms with van der Waals surface area (Å²) in [6.07, 6.45) is 3.79. The first-order chi connectivity index (χ1) is 9.35. The minimum atomic E-state index is 0.853. The Bertz CT molecular complexity index is 711. The van der Waals surface area contributed by atoms with Gasteiger partial charge in [0.25, 0.3) is 0 Å². The molecular formula is C16H14N2O. The summed E-state index contributed by atoms with van der Waals surface area (Å²) in [6, 6.07) is 16.0. The lowest BCUT2D eigenvalue weighted by molar-refractivity contribution is 0.415. The van der Waals surface area contributed by atoms with Crippen molar-refractivity contribution in [2.75, 3.05) is 7.11 Å². The van der Waals surface area contributed by atoms with E-state index < -0.39 is 0 Å². The third kappa shape index (κ3) is 2.50. The van der Waals surface area contributed by atoms with Crippen LogP contribution in [-0.2, 0) is 0 Å². The van der Waals surface area contributed by atoms with Crippen molar-refractivity contribution < 1.29 is 4.74 Å². The van der Waals surface area contributed by atoms with Crippen LogP contribution in [-0.4, -0.2) is 18.3 Å². The van der Waals surface area contributed by atoms with E-state index in [9.17, 15) is 0 Å². The topological polar surface area (TPSA) is 37.4 Å². The third-order valence-corrected chi connectivity index (χ3v) is 3.02. The molecule has 19 heavy (non-hydrogen) atoms. The van der Waals surface area contributed by atoms with E-state index in [1.165, 1.54) is 5.39 Å². The van der Waals surface area contributed by atoms with Crippen molar-refractivity contribution in [3.63, 3.8) is 0 Å². The number of nitrogens with zero attached hydrogens (tertiary/aromatic N) is 1. The number of hydrogen-bond acceptors (Lipinski definition) is 2. The van der Waals surface area contributed by atoms with Crippen LogP contribution in [0.4, 0.5) is 5.69 Å². The second-order valence-electron chi connectivity index (χ2n) is 4.28. The normalized spacial score (nSPS) is 11.2. The summed E-state index contributed by atoms with van der Waals surface area (Å²) in [5, 5.41) is 1.17. The number of fused-ring (bicyclic) bond motifs is 1. The Kier molecular flexibility index (Phi) is 3.02. The lowest BCUT2D eigenvalue weighted by Gasteiger charge is -1.99. The summed E-state index contributed by atoms with van der Waals surface area (Å²) in [4.78, 5) is 7.65. The minimum absolute atomic E-state index is 0.853. The summed E-state index contributed by atoms with van der Waals surface area (Å²) in [5.41, 5.74) is 3.13. The Hall–Kier alpha value is -2.55. The number of hydrogen-bond donors (Lipinski definition) is 1. The molecule has 0 aliphatic heterocycles. The Morgan fingerprint density at radius 1 is 1.05 bits per heavy atom. The lowest BCUT2D eigenvalue weighted by atomic mass is 10.2. The number of rotatable bonds is 3. The number of nitrogens with one attached hydrogen (secondary N) is 1. The summed E-state index contributed by atoms with van der Waals surface area (Å²) < 4.78 is 5.12. The fraction of sp³-hybridized carbons (Fsp3) is 0.0625. The van der Waals surface area contributed by atoms with Crippen LogP contribution in [0.1, 0.15) is 5.56 Å². The van der Waals surface area contributed by atoms with E-state index in [1.807, 2.05) is 54.9 Å². The van der Waals surface area contributed by atoms with E-state index >= 15 is 0 Å². The SMILES string of the molecule is COc1ccc(C=Nc2ccc3[nH]ccc3c2)cc1. The minimum Gasteiger partial charge on any atom is -0.497 e. The third-order valence-electron chi connectivity index (χ3n) is 3.02. The molecule has 0 bridgehead atoms. The summed E-state index contributed by atoms with van der Waals surface area (Å²) in [5.74, 6) is 0.853. The second-order valence-corrected chi connectivity index (χ2v) is 4.28. The van der Waals surface area contributed by atoms with Gasteiger partial charge in [-0.2, -0.15) is 0 Å². The van der Waals surface area contributed by atoms with Crippen molar-refractivity contribution >= 4 is 22.8 Å². The molecule has 1 N–H and O–H groups in total. The monoisotopic (exact) mass is 250 g/mol. The zero-order valence-corrected chi connectivity index (χ0v) is 10.6. The first-order valence-electron chi connectivity index (χ1n) is 6.10. The Morgan fingerprint density at radius 3 is 2.68 bits per heavy atom. The number of benzene rings is 2. The molecule has 1 aromatic heterocycles. The van der Waals surface area contributed by atoms with Gasteiger partial charge in [0.05, 0.1) is 12.8 Å². The van der Waals surface area contributed by atoms with Crippen molar-refractivity contribution in [3.05, 3.63) is 60.3 Å². The van der Waals surface area contributed by atoms with E-state index in [4.69, 9.17) is 4.74 Å². The molecule has 0 aliphatic rings. The Labute approximate surface area is 111 Å². The molecule has 0 spiro atoms. The maximum absolute atomic E-state index is 5.12. The highest BCUT2D eigenvalue weighted by Crippen LogP contribution is 2.20. The molecule has 0 saturated carbocycles. The largest absolute Gasteiger partial charge is 0.497 e. The maximum Gasteiger partial charge on any atom is 0.118 e. The molecule has 0 aliphatic carbocycles. The van der Waals surface area contributed by atoms with Gasteiger partial charge in [-0.3, -0.25) is 4.99 Å². The van der Waals surface area contributed by atoms with Crippen molar-refractivity contribution in [2.24, 2.45) is 4.99 Å². The van der Waals surface area contributed by atoms with Crippen molar-refractivity contribution in [3.8, 4) is 5.75 Å². The molecule has 94 valence electrons. The first-order valence-corrected chi connectivity index (χ1v) is 6.10. The molecular weight excluding hydrogens is 236 g/mol. The van der Waals surface area contributed by atoms with Crippen molar-refractivity contribution in [2.45, 2.75) is 0 Å². The van der Waals surface area contributed by atoms with Gasteiger partial charge in [0, 0.05) is 23.3 Å². The van der Waals surface area contributed by atoms with Gasteiger partial charge in [-0.25, -0.2) is 0 Å². The van der Waals surface area contributed by atoms with Crippen molar-refractivity contribution in [1.82, 2.24) is 4.98 Å². The highest BCUT2D eigenvalue weighted by atomic mass is 16.5. The quantitative estimate of drug-likeness (QED) is 0.703. The van der Waals surface area contributed by atoms with Crippen LogP contribution in [0.25, 0.3) is 10.9 Å². The van der Waals surface area contributed by atoms with Crippen LogP contribution in [0, 0.1) is 0 Å². The van der Waals surface area contributed by atoms with Crippen LogP contribution >= 0.6 is 0 Å². The molecule has 0 amide bonds. The Morgan fingerprint density at radius 2 is 1.89 bits per heavy atom. The smallest absolute Gasteiger partial charge is 0.118 e. The summed E-state index contributed by atoms with van der Waals surface area (Å²) in [6.45, 7) is 0. The van der Waals surface area contributed by atoms with Crippen LogP contribution < -0.4 is 4.74 Å². The second kappa shape index (κ2) is 4.98. The van der Waals surface area contributed by atoms with Gasteiger partial charge < -0.3 is 9.72 Å². The molecule has 3 aromatic rings. The maximum atomic E-state index is 5.12. The van der Waals surface area contributed by atoms with Gasteiger partial charge in [-0.15, -0.1) is 0 Å². The molecule has 3 heteroatoms. The van der Waals surface area contributed by atoms with E-state index in [0.29, 0.717) is 0 Å². The molecule has 2 aromatic carbocycles. The van der Waals surface area contributed by atoms with E-state index in [-0.39, 0.29) is 0 Å². The molecule has 1 heterocycles. The summed E-state index contributed by atoms with van der Waals surface area (Å²) >= 11 is 0. The standard InChI is InChI=1S/C16H14N2O/c1-19-15-5-2-12(3-6-15)11-18-14-4-7-16-13(10-14)8-9-17-16/h2-11,17H,1H3. The number of aromatic amines is 1.